The highest BCUT2D eigenvalue weighted by molar-refractivity contribution is 5.76. The normalized spacial score (nSPS) is 10.7. The van der Waals surface area contributed by atoms with Crippen molar-refractivity contribution in [3.8, 4) is 17.2 Å². The zero-order chi connectivity index (χ0) is 18.4. The summed E-state index contributed by atoms with van der Waals surface area (Å²) in [5.74, 6) is 2.33. The average Bonchev–Trinajstić information content (AvgIpc) is 3.29. The number of rotatable bonds is 8. The van der Waals surface area contributed by atoms with Gasteiger partial charge < -0.3 is 18.9 Å². The highest BCUT2D eigenvalue weighted by Crippen LogP contribution is 2.23. The van der Waals surface area contributed by atoms with Crippen molar-refractivity contribution >= 4 is 5.91 Å². The third-order valence-corrected chi connectivity index (χ3v) is 4.03. The van der Waals surface area contributed by atoms with Crippen LogP contribution < -0.4 is 10.1 Å². The molecule has 1 N–H and O–H groups in total. The molecule has 2 aromatic heterocycles. The maximum Gasteiger partial charge on any atom is 0.251 e. The lowest BCUT2D eigenvalue weighted by Crippen LogP contribution is -2.26. The number of hydrogen-bond acceptors (Lipinski definition) is 6. The van der Waals surface area contributed by atoms with Gasteiger partial charge in [-0.2, -0.15) is 0 Å². The van der Waals surface area contributed by atoms with Gasteiger partial charge in [-0.05, 0) is 31.0 Å². The molecule has 0 aliphatic heterocycles. The fourth-order valence-corrected chi connectivity index (χ4v) is 2.63. The predicted molar refractivity (Wildman–Crippen MR) is 94.8 cm³/mol. The Morgan fingerprint density at radius 1 is 1.19 bits per heavy atom. The van der Waals surface area contributed by atoms with E-state index in [2.05, 4.69) is 15.5 Å². The number of carbonyl (C=O) groups excluding carboxylic acids is 1. The SMILES string of the molecule is COc1ccccc1CCNC(=O)CCc1nnc(-c2ccoc2C)o1. The molecule has 0 unspecified atom stereocenters. The Labute approximate surface area is 151 Å². The molecular weight excluding hydrogens is 334 g/mol. The van der Waals surface area contributed by atoms with Crippen molar-refractivity contribution < 1.29 is 18.4 Å². The zero-order valence-corrected chi connectivity index (χ0v) is 14.8. The van der Waals surface area contributed by atoms with E-state index in [0.717, 1.165) is 16.9 Å². The first-order valence-corrected chi connectivity index (χ1v) is 8.43. The Kier molecular flexibility index (Phi) is 5.68. The van der Waals surface area contributed by atoms with Crippen molar-refractivity contribution in [3.05, 3.63) is 53.8 Å². The average molecular weight is 355 g/mol. The quantitative estimate of drug-likeness (QED) is 0.668. The van der Waals surface area contributed by atoms with Crippen molar-refractivity contribution in [1.82, 2.24) is 15.5 Å². The number of aromatic nitrogens is 2. The standard InChI is InChI=1S/C19H21N3O4/c1-13-15(10-12-25-13)19-22-21-18(26-19)8-7-17(23)20-11-9-14-5-3-4-6-16(14)24-2/h3-6,10,12H,7-9,11H2,1-2H3,(H,20,23). The van der Waals surface area contributed by atoms with Gasteiger partial charge in [0.1, 0.15) is 11.5 Å². The molecule has 0 saturated heterocycles. The summed E-state index contributed by atoms with van der Waals surface area (Å²) in [7, 11) is 1.64. The summed E-state index contributed by atoms with van der Waals surface area (Å²) < 4.78 is 16.1. The van der Waals surface area contributed by atoms with Gasteiger partial charge in [0.05, 0.1) is 18.9 Å². The van der Waals surface area contributed by atoms with E-state index in [1.165, 1.54) is 0 Å². The van der Waals surface area contributed by atoms with Gasteiger partial charge in [0, 0.05) is 19.4 Å². The van der Waals surface area contributed by atoms with Crippen LogP contribution in [0.5, 0.6) is 5.75 Å². The molecule has 1 aromatic carbocycles. The second kappa shape index (κ2) is 8.33. The lowest BCUT2D eigenvalue weighted by molar-refractivity contribution is -0.121. The van der Waals surface area contributed by atoms with Crippen LogP contribution in [0.3, 0.4) is 0 Å². The molecule has 0 bridgehead atoms. The predicted octanol–water partition coefficient (Wildman–Crippen LogP) is 2.94. The lowest BCUT2D eigenvalue weighted by atomic mass is 10.1. The summed E-state index contributed by atoms with van der Waals surface area (Å²) in [6.07, 6.45) is 2.96. The third kappa shape index (κ3) is 4.30. The minimum Gasteiger partial charge on any atom is -0.496 e. The van der Waals surface area contributed by atoms with Crippen molar-refractivity contribution in [2.45, 2.75) is 26.2 Å². The van der Waals surface area contributed by atoms with Crippen LogP contribution >= 0.6 is 0 Å². The fourth-order valence-electron chi connectivity index (χ4n) is 2.63. The number of nitrogens with one attached hydrogen (secondary N) is 1. The maximum absolute atomic E-state index is 12.0. The fraction of sp³-hybridized carbons (Fsp3) is 0.316. The van der Waals surface area contributed by atoms with Gasteiger partial charge in [-0.1, -0.05) is 18.2 Å². The van der Waals surface area contributed by atoms with Gasteiger partial charge in [-0.15, -0.1) is 10.2 Å². The third-order valence-electron chi connectivity index (χ3n) is 4.03. The van der Waals surface area contributed by atoms with E-state index in [0.29, 0.717) is 36.9 Å². The monoisotopic (exact) mass is 355 g/mol. The number of amides is 1. The molecule has 0 aliphatic carbocycles. The molecule has 3 rings (SSSR count). The molecule has 0 radical (unpaired) electrons. The van der Waals surface area contributed by atoms with Crippen LogP contribution in [0, 0.1) is 6.92 Å². The Balaban J connectivity index is 1.45. The second-order valence-corrected chi connectivity index (χ2v) is 5.80. The number of benzene rings is 1. The summed E-state index contributed by atoms with van der Waals surface area (Å²) in [5, 5.41) is 10.9. The topological polar surface area (TPSA) is 90.4 Å². The molecule has 0 aliphatic rings. The van der Waals surface area contributed by atoms with Crippen molar-refractivity contribution in [2.24, 2.45) is 0 Å². The number of nitrogens with zero attached hydrogens (tertiary/aromatic N) is 2. The molecule has 3 aromatic rings. The van der Waals surface area contributed by atoms with E-state index in [1.54, 1.807) is 19.4 Å². The molecule has 0 saturated carbocycles. The van der Waals surface area contributed by atoms with Crippen LogP contribution in [-0.4, -0.2) is 29.8 Å². The number of carbonyl (C=O) groups is 1. The van der Waals surface area contributed by atoms with Gasteiger partial charge in [0.2, 0.25) is 11.8 Å². The number of furan rings is 1. The van der Waals surface area contributed by atoms with E-state index >= 15 is 0 Å². The molecule has 26 heavy (non-hydrogen) atoms. The number of methoxy groups -OCH3 is 1. The first kappa shape index (κ1) is 17.7. The van der Waals surface area contributed by atoms with Crippen molar-refractivity contribution in [3.63, 3.8) is 0 Å². The minimum absolute atomic E-state index is 0.0564. The summed E-state index contributed by atoms with van der Waals surface area (Å²) in [4.78, 5) is 12.0. The molecule has 7 heteroatoms. The van der Waals surface area contributed by atoms with Gasteiger partial charge in [0.15, 0.2) is 0 Å². The summed E-state index contributed by atoms with van der Waals surface area (Å²) in [5.41, 5.74) is 1.83. The van der Waals surface area contributed by atoms with E-state index in [4.69, 9.17) is 13.6 Å². The molecular formula is C19H21N3O4. The Morgan fingerprint density at radius 3 is 2.81 bits per heavy atom. The minimum atomic E-state index is -0.0564. The molecule has 0 fully saturated rings. The van der Waals surface area contributed by atoms with Gasteiger partial charge in [-0.3, -0.25) is 4.79 Å². The highest BCUT2D eigenvalue weighted by atomic mass is 16.5. The molecule has 1 amide bonds. The van der Waals surface area contributed by atoms with Gasteiger partial charge in [-0.25, -0.2) is 0 Å². The van der Waals surface area contributed by atoms with Crippen LogP contribution in [-0.2, 0) is 17.6 Å². The Morgan fingerprint density at radius 2 is 2.04 bits per heavy atom. The summed E-state index contributed by atoms with van der Waals surface area (Å²) >= 11 is 0. The van der Waals surface area contributed by atoms with Crippen LogP contribution in [0.2, 0.25) is 0 Å². The van der Waals surface area contributed by atoms with Crippen LogP contribution in [0.15, 0.2) is 45.4 Å². The van der Waals surface area contributed by atoms with E-state index in [9.17, 15) is 4.79 Å². The first-order chi connectivity index (χ1) is 12.7. The maximum atomic E-state index is 12.0. The number of para-hydroxylation sites is 1. The van der Waals surface area contributed by atoms with Crippen molar-refractivity contribution in [2.75, 3.05) is 13.7 Å². The number of ether oxygens (including phenoxy) is 1. The van der Waals surface area contributed by atoms with Crippen LogP contribution in [0.1, 0.15) is 23.6 Å². The summed E-state index contributed by atoms with van der Waals surface area (Å²) in [6, 6.07) is 9.55. The summed E-state index contributed by atoms with van der Waals surface area (Å²) in [6.45, 7) is 2.37. The Bertz CT molecular complexity index is 869. The first-order valence-electron chi connectivity index (χ1n) is 8.43. The second-order valence-electron chi connectivity index (χ2n) is 5.80. The van der Waals surface area contributed by atoms with Crippen LogP contribution in [0.4, 0.5) is 0 Å². The molecule has 136 valence electrons. The van der Waals surface area contributed by atoms with E-state index in [-0.39, 0.29) is 12.3 Å². The molecule has 7 nitrogen and oxygen atoms in total. The molecule has 2 heterocycles. The highest BCUT2D eigenvalue weighted by Gasteiger charge is 2.13. The van der Waals surface area contributed by atoms with Crippen LogP contribution in [0.25, 0.3) is 11.5 Å². The zero-order valence-electron chi connectivity index (χ0n) is 14.8. The van der Waals surface area contributed by atoms with Crippen molar-refractivity contribution in [1.29, 1.82) is 0 Å². The van der Waals surface area contributed by atoms with Gasteiger partial charge >= 0.3 is 0 Å². The lowest BCUT2D eigenvalue weighted by Gasteiger charge is -2.08. The molecule has 0 atom stereocenters. The molecule has 0 spiro atoms. The Hall–Kier alpha value is -3.09. The number of aryl methyl sites for hydroxylation is 2. The van der Waals surface area contributed by atoms with E-state index in [1.807, 2.05) is 31.2 Å². The van der Waals surface area contributed by atoms with Gasteiger partial charge in [0.25, 0.3) is 5.89 Å². The number of hydrogen-bond donors (Lipinski definition) is 1. The van der Waals surface area contributed by atoms with E-state index < -0.39 is 0 Å². The largest absolute Gasteiger partial charge is 0.496 e. The smallest absolute Gasteiger partial charge is 0.251 e.